The van der Waals surface area contributed by atoms with Crippen LogP contribution in [-0.2, 0) is 0 Å². The zero-order valence-electron chi connectivity index (χ0n) is 8.45. The number of rotatable bonds is 3. The van der Waals surface area contributed by atoms with Crippen LogP contribution in [0.1, 0.15) is 19.3 Å². The molecule has 0 aromatic heterocycles. The van der Waals surface area contributed by atoms with Crippen LogP contribution in [-0.4, -0.2) is 46.3 Å². The van der Waals surface area contributed by atoms with Crippen molar-refractivity contribution in [3.8, 4) is 0 Å². The molecule has 2 nitrogen and oxygen atoms in total. The predicted molar refractivity (Wildman–Crippen MR) is 65.2 cm³/mol. The Morgan fingerprint density at radius 2 is 2.21 bits per heavy atom. The van der Waals surface area contributed by atoms with Crippen LogP contribution >= 0.6 is 23.5 Å². The van der Waals surface area contributed by atoms with Gasteiger partial charge in [-0.05, 0) is 19.3 Å². The van der Waals surface area contributed by atoms with Gasteiger partial charge in [-0.1, -0.05) is 0 Å². The van der Waals surface area contributed by atoms with Crippen molar-refractivity contribution in [1.29, 1.82) is 0 Å². The van der Waals surface area contributed by atoms with Crippen LogP contribution in [0.2, 0.25) is 0 Å². The van der Waals surface area contributed by atoms with Gasteiger partial charge in [-0.2, -0.15) is 23.5 Å². The molecule has 2 fully saturated rings. The lowest BCUT2D eigenvalue weighted by Gasteiger charge is -2.24. The topological polar surface area (TPSA) is 32.3 Å². The Morgan fingerprint density at radius 1 is 1.29 bits per heavy atom. The van der Waals surface area contributed by atoms with Gasteiger partial charge in [-0.15, -0.1) is 0 Å². The van der Waals surface area contributed by atoms with Crippen LogP contribution in [0.3, 0.4) is 0 Å². The van der Waals surface area contributed by atoms with Gasteiger partial charge < -0.3 is 10.4 Å². The zero-order chi connectivity index (χ0) is 9.80. The van der Waals surface area contributed by atoms with Gasteiger partial charge in [0.15, 0.2) is 0 Å². The Hall–Kier alpha value is 0.620. The van der Waals surface area contributed by atoms with E-state index in [0.717, 1.165) is 24.6 Å². The smallest absolute Gasteiger partial charge is 0.0693 e. The molecule has 1 aliphatic heterocycles. The van der Waals surface area contributed by atoms with Gasteiger partial charge in [0, 0.05) is 35.1 Å². The number of aliphatic hydroxyl groups excluding tert-OH is 1. The maximum Gasteiger partial charge on any atom is 0.0693 e. The molecule has 0 spiro atoms. The van der Waals surface area contributed by atoms with E-state index in [1.165, 1.54) is 23.7 Å². The fraction of sp³-hybridized carbons (Fsp3) is 1.00. The van der Waals surface area contributed by atoms with Crippen LogP contribution in [0, 0.1) is 0 Å². The average Bonchev–Trinajstić information content (AvgIpc) is 2.63. The maximum atomic E-state index is 9.64. The zero-order valence-corrected chi connectivity index (χ0v) is 10.1. The van der Waals surface area contributed by atoms with Crippen LogP contribution in [0.5, 0.6) is 0 Å². The van der Waals surface area contributed by atoms with E-state index in [4.69, 9.17) is 0 Å². The molecule has 2 aliphatic rings. The van der Waals surface area contributed by atoms with E-state index in [-0.39, 0.29) is 6.10 Å². The molecular weight excluding hydrogens is 214 g/mol. The highest BCUT2D eigenvalue weighted by Gasteiger charge is 2.25. The van der Waals surface area contributed by atoms with E-state index in [2.05, 4.69) is 28.8 Å². The molecule has 0 amide bonds. The summed E-state index contributed by atoms with van der Waals surface area (Å²) in [5.41, 5.74) is 0. The number of thioether (sulfide) groups is 2. The summed E-state index contributed by atoms with van der Waals surface area (Å²) in [7, 11) is 0. The quantitative estimate of drug-likeness (QED) is 0.770. The van der Waals surface area contributed by atoms with Crippen molar-refractivity contribution in [2.24, 2.45) is 0 Å². The molecule has 4 heteroatoms. The summed E-state index contributed by atoms with van der Waals surface area (Å²) in [5.74, 6) is 3.89. The molecule has 0 aromatic rings. The first kappa shape index (κ1) is 11.1. The molecule has 3 atom stereocenters. The number of hydrogen-bond donors (Lipinski definition) is 2. The molecule has 82 valence electrons. The maximum absolute atomic E-state index is 9.64. The molecule has 14 heavy (non-hydrogen) atoms. The molecular formula is C10H19NOS2. The number of hydrogen-bond acceptors (Lipinski definition) is 4. The van der Waals surface area contributed by atoms with Crippen molar-refractivity contribution in [2.45, 2.75) is 36.7 Å². The lowest BCUT2D eigenvalue weighted by atomic mass is 10.2. The Labute approximate surface area is 94.6 Å². The first-order valence-electron chi connectivity index (χ1n) is 5.47. The lowest BCUT2D eigenvalue weighted by molar-refractivity contribution is 0.150. The molecule has 3 unspecified atom stereocenters. The summed E-state index contributed by atoms with van der Waals surface area (Å²) in [6.07, 6.45) is 3.25. The van der Waals surface area contributed by atoms with E-state index in [9.17, 15) is 5.11 Å². The summed E-state index contributed by atoms with van der Waals surface area (Å²) in [6, 6.07) is 0.377. The first-order chi connectivity index (χ1) is 6.86. The second-order valence-corrected chi connectivity index (χ2v) is 6.64. The monoisotopic (exact) mass is 233 g/mol. The second-order valence-electron chi connectivity index (χ2n) is 4.08. The van der Waals surface area contributed by atoms with Crippen molar-refractivity contribution in [3.05, 3.63) is 0 Å². The van der Waals surface area contributed by atoms with Crippen molar-refractivity contribution in [2.75, 3.05) is 23.8 Å². The van der Waals surface area contributed by atoms with Gasteiger partial charge in [0.05, 0.1) is 6.10 Å². The Morgan fingerprint density at radius 3 is 2.86 bits per heavy atom. The highest BCUT2D eigenvalue weighted by molar-refractivity contribution is 8.06. The Kier molecular flexibility index (Phi) is 4.47. The molecule has 1 aliphatic carbocycles. The number of nitrogens with one attached hydrogen (secondary N) is 1. The number of aliphatic hydroxyl groups is 1. The largest absolute Gasteiger partial charge is 0.392 e. The normalized spacial score (nSPS) is 38.8. The highest BCUT2D eigenvalue weighted by Crippen LogP contribution is 2.24. The minimum Gasteiger partial charge on any atom is -0.392 e. The van der Waals surface area contributed by atoms with Crippen molar-refractivity contribution >= 4 is 23.5 Å². The third-order valence-corrected chi connectivity index (χ3v) is 5.82. The van der Waals surface area contributed by atoms with Crippen LogP contribution < -0.4 is 5.32 Å². The third kappa shape index (κ3) is 3.05. The molecule has 1 saturated carbocycles. The van der Waals surface area contributed by atoms with Crippen LogP contribution in [0.4, 0.5) is 0 Å². The van der Waals surface area contributed by atoms with Gasteiger partial charge in [0.1, 0.15) is 0 Å². The van der Waals surface area contributed by atoms with E-state index in [1.54, 1.807) is 0 Å². The molecule has 2 rings (SSSR count). The Bertz CT molecular complexity index is 174. The molecule has 0 radical (unpaired) electrons. The fourth-order valence-corrected chi connectivity index (χ4v) is 4.74. The average molecular weight is 233 g/mol. The van der Waals surface area contributed by atoms with E-state index in [1.807, 2.05) is 0 Å². The standard InChI is InChI=1S/C10H19NOS2/c12-10-3-1-2-9(10)11-6-8-7-13-4-5-14-8/h8-12H,1-7H2. The van der Waals surface area contributed by atoms with Gasteiger partial charge in [0.2, 0.25) is 0 Å². The van der Waals surface area contributed by atoms with E-state index >= 15 is 0 Å². The third-order valence-electron chi connectivity index (χ3n) is 2.97. The molecule has 1 saturated heterocycles. The summed E-state index contributed by atoms with van der Waals surface area (Å²) < 4.78 is 0. The first-order valence-corrected chi connectivity index (χ1v) is 7.67. The van der Waals surface area contributed by atoms with E-state index < -0.39 is 0 Å². The SMILES string of the molecule is OC1CCCC1NCC1CSCCS1. The highest BCUT2D eigenvalue weighted by atomic mass is 32.2. The van der Waals surface area contributed by atoms with Crippen LogP contribution in [0.15, 0.2) is 0 Å². The second kappa shape index (κ2) is 5.64. The minimum atomic E-state index is -0.0868. The Balaban J connectivity index is 1.65. The van der Waals surface area contributed by atoms with Crippen LogP contribution in [0.25, 0.3) is 0 Å². The van der Waals surface area contributed by atoms with Gasteiger partial charge >= 0.3 is 0 Å². The van der Waals surface area contributed by atoms with Gasteiger partial charge in [0.25, 0.3) is 0 Å². The summed E-state index contributed by atoms with van der Waals surface area (Å²) >= 11 is 4.15. The molecule has 0 aromatic carbocycles. The van der Waals surface area contributed by atoms with Gasteiger partial charge in [-0.25, -0.2) is 0 Å². The summed E-state index contributed by atoms with van der Waals surface area (Å²) in [6.45, 7) is 1.08. The molecule has 1 heterocycles. The van der Waals surface area contributed by atoms with Crippen molar-refractivity contribution in [1.82, 2.24) is 5.32 Å². The predicted octanol–water partition coefficient (Wildman–Crippen LogP) is 1.34. The van der Waals surface area contributed by atoms with Crippen molar-refractivity contribution < 1.29 is 5.11 Å². The molecule has 2 N–H and O–H groups in total. The lowest BCUT2D eigenvalue weighted by Crippen LogP contribution is -2.40. The van der Waals surface area contributed by atoms with Crippen molar-refractivity contribution in [3.63, 3.8) is 0 Å². The summed E-state index contributed by atoms with van der Waals surface area (Å²) in [5, 5.41) is 13.9. The minimum absolute atomic E-state index is 0.0868. The fourth-order valence-electron chi connectivity index (χ4n) is 2.12. The van der Waals surface area contributed by atoms with E-state index in [0.29, 0.717) is 6.04 Å². The van der Waals surface area contributed by atoms with Gasteiger partial charge in [-0.3, -0.25) is 0 Å². The summed E-state index contributed by atoms with van der Waals surface area (Å²) in [4.78, 5) is 0. The molecule has 0 bridgehead atoms.